The second-order valence-corrected chi connectivity index (χ2v) is 9.34. The van der Waals surface area contributed by atoms with Crippen LogP contribution in [0.2, 0.25) is 0 Å². The summed E-state index contributed by atoms with van der Waals surface area (Å²) in [5, 5.41) is 12.1. The minimum absolute atomic E-state index is 0.0265. The predicted octanol–water partition coefficient (Wildman–Crippen LogP) is 2.24. The normalized spacial score (nSPS) is 15.3. The summed E-state index contributed by atoms with van der Waals surface area (Å²) in [6.07, 6.45) is 3.50. The molecule has 0 atom stereocenters. The third kappa shape index (κ3) is 5.81. The van der Waals surface area contributed by atoms with Crippen molar-refractivity contribution in [3.05, 3.63) is 40.7 Å². The second-order valence-electron chi connectivity index (χ2n) is 8.21. The van der Waals surface area contributed by atoms with Gasteiger partial charge >= 0.3 is 6.03 Å². The van der Waals surface area contributed by atoms with Gasteiger partial charge in [0, 0.05) is 49.2 Å². The SMILES string of the molecule is COCCSc1cc(NC(=O)N2CCCc3cc(CN4CCOCC4=O)c(C=O)nc32)ncc1C#N. The number of carbonyl (C=O) groups is 3. The Hall–Kier alpha value is -3.53. The molecule has 4 heterocycles. The van der Waals surface area contributed by atoms with Crippen molar-refractivity contribution >= 4 is 41.6 Å². The topological polar surface area (TPSA) is 138 Å². The smallest absolute Gasteiger partial charge is 0.328 e. The Morgan fingerprint density at radius 1 is 1.39 bits per heavy atom. The molecular weight excluding hydrogens is 484 g/mol. The molecule has 0 radical (unpaired) electrons. The number of carbonyl (C=O) groups excluding carboxylic acids is 3. The molecule has 3 amide bonds. The van der Waals surface area contributed by atoms with Gasteiger partial charge in [-0.15, -0.1) is 11.8 Å². The summed E-state index contributed by atoms with van der Waals surface area (Å²) in [5.74, 6) is 1.25. The number of nitrogens with one attached hydrogen (secondary N) is 1. The summed E-state index contributed by atoms with van der Waals surface area (Å²) in [6, 6.07) is 5.20. The summed E-state index contributed by atoms with van der Waals surface area (Å²) in [7, 11) is 1.61. The third-order valence-electron chi connectivity index (χ3n) is 5.84. The number of aromatic nitrogens is 2. The Kier molecular flexibility index (Phi) is 8.48. The van der Waals surface area contributed by atoms with E-state index in [2.05, 4.69) is 21.4 Å². The third-order valence-corrected chi connectivity index (χ3v) is 6.86. The minimum Gasteiger partial charge on any atom is -0.384 e. The van der Waals surface area contributed by atoms with Crippen LogP contribution in [0.15, 0.2) is 23.2 Å². The van der Waals surface area contributed by atoms with Crippen molar-refractivity contribution in [3.8, 4) is 6.07 Å². The number of urea groups is 1. The summed E-state index contributed by atoms with van der Waals surface area (Å²) >= 11 is 1.44. The zero-order valence-corrected chi connectivity index (χ0v) is 20.7. The van der Waals surface area contributed by atoms with Gasteiger partial charge in [0.05, 0.1) is 18.8 Å². The lowest BCUT2D eigenvalue weighted by Gasteiger charge is -2.30. The van der Waals surface area contributed by atoms with Crippen molar-refractivity contribution in [1.82, 2.24) is 14.9 Å². The number of pyridine rings is 2. The summed E-state index contributed by atoms with van der Waals surface area (Å²) in [4.78, 5) is 49.7. The van der Waals surface area contributed by atoms with Crippen molar-refractivity contribution in [2.75, 3.05) is 56.0 Å². The van der Waals surface area contributed by atoms with Crippen LogP contribution in [-0.4, -0.2) is 78.9 Å². The minimum atomic E-state index is -0.429. The fourth-order valence-electron chi connectivity index (χ4n) is 4.03. The van der Waals surface area contributed by atoms with E-state index >= 15 is 0 Å². The molecule has 2 aromatic rings. The van der Waals surface area contributed by atoms with Gasteiger partial charge in [-0.25, -0.2) is 14.8 Å². The van der Waals surface area contributed by atoms with Crippen LogP contribution >= 0.6 is 11.8 Å². The van der Waals surface area contributed by atoms with Crippen molar-refractivity contribution in [2.24, 2.45) is 0 Å². The number of ether oxygens (including phenoxy) is 2. The van der Waals surface area contributed by atoms with Crippen LogP contribution in [0, 0.1) is 11.3 Å². The van der Waals surface area contributed by atoms with Crippen LogP contribution in [0.4, 0.5) is 16.4 Å². The van der Waals surface area contributed by atoms with Gasteiger partial charge in [0.2, 0.25) is 5.91 Å². The standard InChI is InChI=1S/C24H26N6O5S/c1-34-7-8-36-20-10-21(26-12-18(20)11-25)28-24(33)30-4-2-3-16-9-17(19(14-31)27-23(16)30)13-29-5-6-35-15-22(29)32/h9-10,12,14H,2-8,13,15H2,1H3,(H,26,28,33). The second kappa shape index (κ2) is 11.9. The first-order valence-electron chi connectivity index (χ1n) is 11.5. The average Bonchev–Trinajstić information content (AvgIpc) is 2.89. The van der Waals surface area contributed by atoms with Crippen molar-refractivity contribution in [3.63, 3.8) is 0 Å². The number of aryl methyl sites for hydroxylation is 1. The number of aldehydes is 1. The molecule has 36 heavy (non-hydrogen) atoms. The van der Waals surface area contributed by atoms with Gasteiger partial charge in [-0.05, 0) is 30.5 Å². The number of amides is 3. The molecule has 4 rings (SSSR count). The maximum Gasteiger partial charge on any atom is 0.328 e. The molecule has 2 aliphatic rings. The molecule has 1 saturated heterocycles. The Balaban J connectivity index is 1.54. The van der Waals surface area contributed by atoms with Crippen molar-refractivity contribution in [2.45, 2.75) is 24.3 Å². The highest BCUT2D eigenvalue weighted by Gasteiger charge is 2.27. The zero-order valence-electron chi connectivity index (χ0n) is 19.9. The molecule has 188 valence electrons. The summed E-state index contributed by atoms with van der Waals surface area (Å²) < 4.78 is 10.2. The molecule has 1 fully saturated rings. The van der Waals surface area contributed by atoms with E-state index in [4.69, 9.17) is 9.47 Å². The molecule has 0 saturated carbocycles. The number of morpholine rings is 1. The van der Waals surface area contributed by atoms with Gasteiger partial charge in [0.1, 0.15) is 30.0 Å². The highest BCUT2D eigenvalue weighted by atomic mass is 32.2. The Morgan fingerprint density at radius 3 is 3.00 bits per heavy atom. The van der Waals surface area contributed by atoms with E-state index in [1.165, 1.54) is 22.9 Å². The fourth-order valence-corrected chi connectivity index (χ4v) is 4.95. The Morgan fingerprint density at radius 2 is 2.25 bits per heavy atom. The van der Waals surface area contributed by atoms with Crippen LogP contribution in [0.1, 0.15) is 33.6 Å². The van der Waals surface area contributed by atoms with E-state index in [0.717, 1.165) is 12.0 Å². The summed E-state index contributed by atoms with van der Waals surface area (Å²) in [6.45, 7) is 2.14. The molecule has 0 aromatic carbocycles. The number of thioether (sulfide) groups is 1. The molecule has 0 bridgehead atoms. The van der Waals surface area contributed by atoms with Crippen LogP contribution in [-0.2, 0) is 27.2 Å². The van der Waals surface area contributed by atoms with Gasteiger partial charge in [-0.3, -0.25) is 19.8 Å². The van der Waals surface area contributed by atoms with Gasteiger partial charge < -0.3 is 14.4 Å². The first kappa shape index (κ1) is 25.6. The van der Waals surface area contributed by atoms with Crippen LogP contribution in [0.5, 0.6) is 0 Å². The van der Waals surface area contributed by atoms with E-state index in [-0.39, 0.29) is 24.8 Å². The van der Waals surface area contributed by atoms with Gasteiger partial charge in [0.15, 0.2) is 6.29 Å². The number of fused-ring (bicyclic) bond motifs is 1. The highest BCUT2D eigenvalue weighted by Crippen LogP contribution is 2.29. The lowest BCUT2D eigenvalue weighted by atomic mass is 10.0. The molecule has 0 unspecified atom stereocenters. The lowest BCUT2D eigenvalue weighted by molar-refractivity contribution is -0.143. The predicted molar refractivity (Wildman–Crippen MR) is 132 cm³/mol. The summed E-state index contributed by atoms with van der Waals surface area (Å²) in [5.41, 5.74) is 2.09. The lowest BCUT2D eigenvalue weighted by Crippen LogP contribution is -2.42. The molecular formula is C24H26N6O5S. The fraction of sp³-hybridized carbons (Fsp3) is 0.417. The monoisotopic (exact) mass is 510 g/mol. The number of anilines is 2. The largest absolute Gasteiger partial charge is 0.384 e. The van der Waals surface area contributed by atoms with Gasteiger partial charge in [0.25, 0.3) is 0 Å². The van der Waals surface area contributed by atoms with Crippen molar-refractivity contribution in [1.29, 1.82) is 5.26 Å². The zero-order chi connectivity index (χ0) is 25.5. The molecule has 1 N–H and O–H groups in total. The number of methoxy groups -OCH3 is 1. The number of nitrogens with zero attached hydrogens (tertiary/aromatic N) is 5. The van der Waals surface area contributed by atoms with E-state index < -0.39 is 6.03 Å². The van der Waals surface area contributed by atoms with Gasteiger partial charge in [-0.2, -0.15) is 5.26 Å². The number of hydrogen-bond donors (Lipinski definition) is 1. The molecule has 2 aromatic heterocycles. The quantitative estimate of drug-likeness (QED) is 0.322. The van der Waals surface area contributed by atoms with E-state index in [1.807, 2.05) is 6.07 Å². The first-order valence-corrected chi connectivity index (χ1v) is 12.5. The number of hydrogen-bond acceptors (Lipinski definition) is 9. The van der Waals surface area contributed by atoms with E-state index in [1.54, 1.807) is 18.1 Å². The maximum absolute atomic E-state index is 13.2. The first-order chi connectivity index (χ1) is 17.5. The molecule has 12 heteroatoms. The molecule has 0 aliphatic carbocycles. The highest BCUT2D eigenvalue weighted by molar-refractivity contribution is 7.99. The average molecular weight is 511 g/mol. The van der Waals surface area contributed by atoms with E-state index in [0.29, 0.717) is 72.4 Å². The van der Waals surface area contributed by atoms with Crippen LogP contribution in [0.25, 0.3) is 0 Å². The Labute approximate surface area is 212 Å². The van der Waals surface area contributed by atoms with Crippen LogP contribution in [0.3, 0.4) is 0 Å². The number of rotatable bonds is 8. The Bertz CT molecular complexity index is 1200. The number of nitriles is 1. The molecule has 0 spiro atoms. The van der Waals surface area contributed by atoms with Gasteiger partial charge in [-0.1, -0.05) is 0 Å². The maximum atomic E-state index is 13.2. The van der Waals surface area contributed by atoms with E-state index in [9.17, 15) is 19.6 Å². The molecule has 2 aliphatic heterocycles. The van der Waals surface area contributed by atoms with Crippen LogP contribution < -0.4 is 10.2 Å². The van der Waals surface area contributed by atoms with Crippen molar-refractivity contribution < 1.29 is 23.9 Å². The molecule has 11 nitrogen and oxygen atoms in total.